The second-order valence-electron chi connectivity index (χ2n) is 5.18. The van der Waals surface area contributed by atoms with Crippen molar-refractivity contribution in [3.05, 3.63) is 21.9 Å². The lowest BCUT2D eigenvalue weighted by molar-refractivity contribution is -0.0548. The van der Waals surface area contributed by atoms with Crippen LogP contribution in [-0.2, 0) is 17.8 Å². The fraction of sp³-hybridized carbons (Fsp3) is 0.692. The maximum Gasteiger partial charge on any atom is 0.0645 e. The lowest BCUT2D eigenvalue weighted by Crippen LogP contribution is -2.52. The molecule has 1 aromatic rings. The third-order valence-corrected chi connectivity index (χ3v) is 4.30. The van der Waals surface area contributed by atoms with Crippen molar-refractivity contribution >= 4 is 11.3 Å². The van der Waals surface area contributed by atoms with Crippen LogP contribution in [0, 0.1) is 0 Å². The van der Waals surface area contributed by atoms with Gasteiger partial charge in [0.05, 0.1) is 13.2 Å². The van der Waals surface area contributed by atoms with Crippen LogP contribution in [0.1, 0.15) is 23.6 Å². The molecular formula is C13H22N2OS. The van der Waals surface area contributed by atoms with Crippen LogP contribution in [0.3, 0.4) is 0 Å². The van der Waals surface area contributed by atoms with Crippen LogP contribution in [0.4, 0.5) is 0 Å². The molecule has 1 aromatic heterocycles. The first-order valence-electron chi connectivity index (χ1n) is 6.17. The van der Waals surface area contributed by atoms with E-state index >= 15 is 0 Å². The molecule has 1 saturated heterocycles. The normalized spacial score (nSPS) is 20.6. The van der Waals surface area contributed by atoms with Crippen molar-refractivity contribution < 1.29 is 4.74 Å². The Kier molecular flexibility index (Phi) is 4.20. The van der Waals surface area contributed by atoms with Gasteiger partial charge in [0.2, 0.25) is 0 Å². The number of hydrogen-bond acceptors (Lipinski definition) is 4. The smallest absolute Gasteiger partial charge is 0.0645 e. The molecule has 1 fully saturated rings. The summed E-state index contributed by atoms with van der Waals surface area (Å²) in [4.78, 5) is 5.38. The topological polar surface area (TPSA) is 24.5 Å². The molecule has 0 amide bonds. The molecule has 0 spiro atoms. The van der Waals surface area contributed by atoms with Crippen molar-refractivity contribution in [3.63, 3.8) is 0 Å². The first kappa shape index (κ1) is 13.0. The predicted octanol–water partition coefficient (Wildman–Crippen LogP) is 2.08. The molecule has 1 N–H and O–H groups in total. The molecule has 1 aliphatic rings. The molecule has 96 valence electrons. The number of morpholine rings is 1. The van der Waals surface area contributed by atoms with Gasteiger partial charge >= 0.3 is 0 Å². The molecule has 0 aliphatic carbocycles. The molecule has 0 saturated carbocycles. The van der Waals surface area contributed by atoms with Gasteiger partial charge in [-0.25, -0.2) is 0 Å². The van der Waals surface area contributed by atoms with Crippen molar-refractivity contribution in [2.75, 3.05) is 26.8 Å². The minimum absolute atomic E-state index is 0.158. The van der Waals surface area contributed by atoms with Crippen molar-refractivity contribution in [3.8, 4) is 0 Å². The van der Waals surface area contributed by atoms with Gasteiger partial charge in [0.1, 0.15) is 0 Å². The highest BCUT2D eigenvalue weighted by atomic mass is 32.1. The predicted molar refractivity (Wildman–Crippen MR) is 72.4 cm³/mol. The van der Waals surface area contributed by atoms with E-state index in [0.29, 0.717) is 0 Å². The molecule has 17 heavy (non-hydrogen) atoms. The molecule has 2 rings (SSSR count). The van der Waals surface area contributed by atoms with E-state index in [-0.39, 0.29) is 5.54 Å². The van der Waals surface area contributed by atoms with Crippen molar-refractivity contribution in [2.24, 2.45) is 0 Å². The van der Waals surface area contributed by atoms with Gasteiger partial charge in [-0.2, -0.15) is 0 Å². The zero-order valence-electron chi connectivity index (χ0n) is 11.0. The Bertz CT molecular complexity index is 362. The Labute approximate surface area is 108 Å². The second-order valence-corrected chi connectivity index (χ2v) is 6.44. The number of rotatable bonds is 4. The summed E-state index contributed by atoms with van der Waals surface area (Å²) in [6.07, 6.45) is 0. The van der Waals surface area contributed by atoms with Gasteiger partial charge in [-0.3, -0.25) is 4.90 Å². The first-order valence-corrected chi connectivity index (χ1v) is 6.98. The molecule has 4 heteroatoms. The van der Waals surface area contributed by atoms with Crippen LogP contribution >= 0.6 is 11.3 Å². The van der Waals surface area contributed by atoms with Crippen LogP contribution in [0.5, 0.6) is 0 Å². The summed E-state index contributed by atoms with van der Waals surface area (Å²) in [5.74, 6) is 0. The summed E-state index contributed by atoms with van der Waals surface area (Å²) in [5, 5.41) is 3.19. The molecule has 0 radical (unpaired) electrons. The third-order valence-electron chi connectivity index (χ3n) is 3.23. The summed E-state index contributed by atoms with van der Waals surface area (Å²) in [5.41, 5.74) is 0.158. The summed E-state index contributed by atoms with van der Waals surface area (Å²) in [7, 11) is 1.99. The quantitative estimate of drug-likeness (QED) is 0.890. The van der Waals surface area contributed by atoms with Gasteiger partial charge in [0.25, 0.3) is 0 Å². The highest BCUT2D eigenvalue weighted by molar-refractivity contribution is 7.11. The van der Waals surface area contributed by atoms with Crippen molar-refractivity contribution in [2.45, 2.75) is 32.5 Å². The van der Waals surface area contributed by atoms with Gasteiger partial charge in [-0.05, 0) is 33.0 Å². The van der Waals surface area contributed by atoms with Crippen LogP contribution in [0.2, 0.25) is 0 Å². The number of ether oxygens (including phenoxy) is 1. The number of hydrogen-bond donors (Lipinski definition) is 1. The first-order chi connectivity index (χ1) is 8.12. The Balaban J connectivity index is 1.98. The Hall–Kier alpha value is -0.420. The van der Waals surface area contributed by atoms with Crippen LogP contribution in [-0.4, -0.2) is 37.2 Å². The molecule has 1 aliphatic heterocycles. The van der Waals surface area contributed by atoms with Gasteiger partial charge in [-0.15, -0.1) is 11.3 Å². The molecule has 0 aromatic carbocycles. The summed E-state index contributed by atoms with van der Waals surface area (Å²) in [6, 6.07) is 4.48. The zero-order chi connectivity index (χ0) is 12.3. The minimum Gasteiger partial charge on any atom is -0.378 e. The monoisotopic (exact) mass is 254 g/mol. The molecule has 0 atom stereocenters. The van der Waals surface area contributed by atoms with Gasteiger partial charge in [0, 0.05) is 34.9 Å². The lowest BCUT2D eigenvalue weighted by Gasteiger charge is -2.41. The standard InChI is InChI=1S/C13H22N2OS/c1-13(2)10-16-7-6-15(13)9-12-5-4-11(17-12)8-14-3/h4-5,14H,6-10H2,1-3H3. The zero-order valence-corrected chi connectivity index (χ0v) is 11.8. The Morgan fingerprint density at radius 3 is 2.88 bits per heavy atom. The third kappa shape index (κ3) is 3.28. The van der Waals surface area contributed by atoms with E-state index in [0.717, 1.165) is 32.8 Å². The molecule has 0 bridgehead atoms. The van der Waals surface area contributed by atoms with Crippen molar-refractivity contribution in [1.29, 1.82) is 0 Å². The average molecular weight is 254 g/mol. The van der Waals surface area contributed by atoms with E-state index in [1.165, 1.54) is 9.75 Å². The molecule has 3 nitrogen and oxygen atoms in total. The number of nitrogens with zero attached hydrogens (tertiary/aromatic N) is 1. The van der Waals surface area contributed by atoms with E-state index in [1.54, 1.807) is 0 Å². The Morgan fingerprint density at radius 2 is 2.18 bits per heavy atom. The van der Waals surface area contributed by atoms with E-state index < -0.39 is 0 Å². The fourth-order valence-electron chi connectivity index (χ4n) is 2.15. The molecular weight excluding hydrogens is 232 g/mol. The maximum atomic E-state index is 5.55. The minimum atomic E-state index is 0.158. The fourth-order valence-corrected chi connectivity index (χ4v) is 3.19. The summed E-state index contributed by atoms with van der Waals surface area (Å²) >= 11 is 1.91. The van der Waals surface area contributed by atoms with E-state index in [1.807, 2.05) is 18.4 Å². The second kappa shape index (κ2) is 5.48. The highest BCUT2D eigenvalue weighted by Crippen LogP contribution is 2.25. The maximum absolute atomic E-state index is 5.55. The van der Waals surface area contributed by atoms with Crippen LogP contribution in [0.25, 0.3) is 0 Å². The molecule has 2 heterocycles. The van der Waals surface area contributed by atoms with Crippen LogP contribution < -0.4 is 5.32 Å². The van der Waals surface area contributed by atoms with Crippen molar-refractivity contribution in [1.82, 2.24) is 10.2 Å². The largest absolute Gasteiger partial charge is 0.378 e. The summed E-state index contributed by atoms with van der Waals surface area (Å²) in [6.45, 7) is 9.26. The Morgan fingerprint density at radius 1 is 1.41 bits per heavy atom. The van der Waals surface area contributed by atoms with E-state index in [4.69, 9.17) is 4.74 Å². The molecule has 0 unspecified atom stereocenters. The lowest BCUT2D eigenvalue weighted by atomic mass is 10.0. The number of nitrogens with one attached hydrogen (secondary N) is 1. The van der Waals surface area contributed by atoms with E-state index in [9.17, 15) is 0 Å². The highest BCUT2D eigenvalue weighted by Gasteiger charge is 2.30. The van der Waals surface area contributed by atoms with Crippen LogP contribution in [0.15, 0.2) is 12.1 Å². The SMILES string of the molecule is CNCc1ccc(CN2CCOCC2(C)C)s1. The summed E-state index contributed by atoms with van der Waals surface area (Å²) < 4.78 is 5.55. The number of thiophene rings is 1. The van der Waals surface area contributed by atoms with Gasteiger partial charge < -0.3 is 10.1 Å². The van der Waals surface area contributed by atoms with Gasteiger partial charge in [0.15, 0.2) is 0 Å². The van der Waals surface area contributed by atoms with Gasteiger partial charge in [-0.1, -0.05) is 0 Å². The van der Waals surface area contributed by atoms with E-state index in [2.05, 4.69) is 36.2 Å². The average Bonchev–Trinajstić information content (AvgIpc) is 2.70.